The topological polar surface area (TPSA) is 93.5 Å². The maximum Gasteiger partial charge on any atom is 0.413 e. The molecule has 2 N–H and O–H groups in total. The minimum absolute atomic E-state index is 0.174. The van der Waals surface area contributed by atoms with Crippen LogP contribution in [0.4, 0.5) is 10.6 Å². The number of aryl methyl sites for hydroxylation is 1. The van der Waals surface area contributed by atoms with Gasteiger partial charge in [-0.3, -0.25) is 14.8 Å². The highest BCUT2D eigenvalue weighted by Crippen LogP contribution is 2.62. The number of aliphatic carboxylic acids is 1. The van der Waals surface area contributed by atoms with Crippen LogP contribution in [-0.4, -0.2) is 37.4 Å². The standard InChI is InChI=1S/C25H23N3O4S2/c1-15-18(33-19-12-20(34-21(15)19)25(10-11-25)23(29)30)9-8-17-13-26-28(2)22(17)27-24(31)32-14-16-6-4-3-5-7-16/h3-7,12-13,19,21H,10-11,14H2,1-2H3,(H,27,31)(H,29,30). The number of fused-ring (bicyclic) bond motifs is 1. The van der Waals surface area contributed by atoms with Crippen LogP contribution in [-0.2, 0) is 23.2 Å². The van der Waals surface area contributed by atoms with Gasteiger partial charge in [0.15, 0.2) is 0 Å². The Labute approximate surface area is 206 Å². The normalized spacial score (nSPS) is 21.9. The quantitative estimate of drug-likeness (QED) is 0.580. The fourth-order valence-electron chi connectivity index (χ4n) is 4.02. The molecule has 2 unspecified atom stereocenters. The summed E-state index contributed by atoms with van der Waals surface area (Å²) in [4.78, 5) is 26.0. The van der Waals surface area contributed by atoms with Gasteiger partial charge in [0, 0.05) is 17.5 Å². The molecule has 2 atom stereocenters. The van der Waals surface area contributed by atoms with E-state index < -0.39 is 17.5 Å². The van der Waals surface area contributed by atoms with Crippen LogP contribution < -0.4 is 5.32 Å². The van der Waals surface area contributed by atoms with Crippen molar-refractivity contribution in [3.63, 3.8) is 0 Å². The predicted molar refractivity (Wildman–Crippen MR) is 133 cm³/mol. The van der Waals surface area contributed by atoms with Crippen molar-refractivity contribution in [2.45, 2.75) is 36.9 Å². The van der Waals surface area contributed by atoms with Gasteiger partial charge in [-0.15, -0.1) is 23.5 Å². The molecule has 2 aliphatic heterocycles. The summed E-state index contributed by atoms with van der Waals surface area (Å²) in [7, 11) is 1.73. The second-order valence-electron chi connectivity index (χ2n) is 8.52. The number of hydrogen-bond donors (Lipinski definition) is 2. The van der Waals surface area contributed by atoms with Crippen molar-refractivity contribution in [1.82, 2.24) is 9.78 Å². The Bertz CT molecular complexity index is 1280. The number of carbonyl (C=O) groups is 2. The second-order valence-corrected chi connectivity index (χ2v) is 10.9. The highest BCUT2D eigenvalue weighted by molar-refractivity contribution is 8.09. The fourth-order valence-corrected chi connectivity index (χ4v) is 7.26. The number of aromatic nitrogens is 2. The van der Waals surface area contributed by atoms with Gasteiger partial charge < -0.3 is 9.84 Å². The Morgan fingerprint density at radius 3 is 2.71 bits per heavy atom. The van der Waals surface area contributed by atoms with Crippen LogP contribution in [0.2, 0.25) is 0 Å². The Morgan fingerprint density at radius 2 is 2.03 bits per heavy atom. The van der Waals surface area contributed by atoms with Crippen molar-refractivity contribution < 1.29 is 19.4 Å². The fraction of sp³-hybridized carbons (Fsp3) is 0.320. The van der Waals surface area contributed by atoms with Gasteiger partial charge in [-0.05, 0) is 35.8 Å². The first-order valence-corrected chi connectivity index (χ1v) is 12.6. The third-order valence-electron chi connectivity index (χ3n) is 6.22. The highest BCUT2D eigenvalue weighted by atomic mass is 32.2. The number of rotatable bonds is 5. The van der Waals surface area contributed by atoms with Gasteiger partial charge in [0.1, 0.15) is 12.4 Å². The van der Waals surface area contributed by atoms with E-state index in [0.29, 0.717) is 11.4 Å². The molecule has 0 spiro atoms. The number of thioether (sulfide) groups is 2. The Morgan fingerprint density at radius 1 is 1.26 bits per heavy atom. The first-order chi connectivity index (χ1) is 16.4. The van der Waals surface area contributed by atoms with E-state index in [9.17, 15) is 14.7 Å². The van der Waals surface area contributed by atoms with Crippen LogP contribution in [0.3, 0.4) is 0 Å². The largest absolute Gasteiger partial charge is 0.481 e. The molecule has 0 radical (unpaired) electrons. The zero-order valence-corrected chi connectivity index (χ0v) is 20.3. The number of hydrogen-bond acceptors (Lipinski definition) is 6. The summed E-state index contributed by atoms with van der Waals surface area (Å²) in [5.41, 5.74) is 2.02. The maximum absolute atomic E-state index is 12.3. The number of allylic oxidation sites excluding steroid dienone is 1. The molecule has 0 saturated heterocycles. The molecule has 34 heavy (non-hydrogen) atoms. The molecule has 7 nitrogen and oxygen atoms in total. The molecular weight excluding hydrogens is 470 g/mol. The first-order valence-electron chi connectivity index (χ1n) is 10.9. The smallest absolute Gasteiger partial charge is 0.413 e. The maximum atomic E-state index is 12.3. The third kappa shape index (κ3) is 4.24. The van der Waals surface area contributed by atoms with Crippen LogP contribution in [0.25, 0.3) is 0 Å². The first kappa shape index (κ1) is 22.7. The van der Waals surface area contributed by atoms with Crippen LogP contribution in [0.5, 0.6) is 0 Å². The average Bonchev–Trinajstić information content (AvgIpc) is 3.32. The number of amides is 1. The zero-order valence-electron chi connectivity index (χ0n) is 18.7. The molecule has 1 aromatic heterocycles. The summed E-state index contributed by atoms with van der Waals surface area (Å²) in [6, 6.07) is 9.47. The molecule has 1 amide bonds. The number of carboxylic acid groups (broad SMARTS) is 1. The van der Waals surface area contributed by atoms with Gasteiger partial charge in [0.05, 0.1) is 22.1 Å². The molecule has 3 aliphatic rings. The zero-order chi connectivity index (χ0) is 23.9. The lowest BCUT2D eigenvalue weighted by Gasteiger charge is -2.13. The van der Waals surface area contributed by atoms with Crippen LogP contribution in [0.1, 0.15) is 30.9 Å². The Kier molecular flexibility index (Phi) is 5.96. The van der Waals surface area contributed by atoms with Crippen molar-refractivity contribution in [3.05, 3.63) is 69.1 Å². The number of benzene rings is 1. The van der Waals surface area contributed by atoms with Crippen molar-refractivity contribution in [2.75, 3.05) is 5.32 Å². The summed E-state index contributed by atoms with van der Waals surface area (Å²) in [6.07, 6.45) is 4.62. The minimum Gasteiger partial charge on any atom is -0.481 e. The lowest BCUT2D eigenvalue weighted by atomic mass is 10.1. The van der Waals surface area contributed by atoms with E-state index in [2.05, 4.69) is 35.3 Å². The predicted octanol–water partition coefficient (Wildman–Crippen LogP) is 4.77. The van der Waals surface area contributed by atoms with Crippen LogP contribution in [0, 0.1) is 17.3 Å². The molecule has 9 heteroatoms. The SMILES string of the molecule is CC1=C(C#Cc2cnn(C)c2NC(=O)OCc2ccccc2)SC2C=C(C3(C(=O)O)CC3)SC12. The number of nitrogens with zero attached hydrogens (tertiary/aromatic N) is 2. The molecule has 1 aromatic carbocycles. The lowest BCUT2D eigenvalue weighted by Crippen LogP contribution is -2.16. The average molecular weight is 494 g/mol. The van der Waals surface area contributed by atoms with Gasteiger partial charge in [-0.2, -0.15) is 5.10 Å². The van der Waals surface area contributed by atoms with Crippen molar-refractivity contribution in [3.8, 4) is 11.8 Å². The monoisotopic (exact) mass is 493 g/mol. The van der Waals surface area contributed by atoms with E-state index in [-0.39, 0.29) is 17.1 Å². The number of carbonyl (C=O) groups excluding carboxylic acids is 1. The molecular formula is C25H23N3O4S2. The van der Waals surface area contributed by atoms with Gasteiger partial charge in [-0.1, -0.05) is 48.2 Å². The minimum atomic E-state index is -0.711. The molecule has 2 aromatic rings. The third-order valence-corrected chi connectivity index (χ3v) is 9.41. The van der Waals surface area contributed by atoms with Crippen molar-refractivity contribution in [1.29, 1.82) is 0 Å². The summed E-state index contributed by atoms with van der Waals surface area (Å²) < 4.78 is 6.87. The molecule has 174 valence electrons. The highest BCUT2D eigenvalue weighted by Gasteiger charge is 2.56. The molecule has 1 saturated carbocycles. The van der Waals surface area contributed by atoms with Gasteiger partial charge in [0.25, 0.3) is 0 Å². The number of nitrogens with one attached hydrogen (secondary N) is 1. The van der Waals surface area contributed by atoms with E-state index >= 15 is 0 Å². The van der Waals surface area contributed by atoms with E-state index in [0.717, 1.165) is 28.2 Å². The van der Waals surface area contributed by atoms with E-state index in [1.807, 2.05) is 30.3 Å². The van der Waals surface area contributed by atoms with Gasteiger partial charge in [0.2, 0.25) is 0 Å². The molecule has 0 bridgehead atoms. The Balaban J connectivity index is 1.25. The molecule has 1 fully saturated rings. The summed E-state index contributed by atoms with van der Waals surface area (Å²) in [6.45, 7) is 2.24. The molecule has 1 aliphatic carbocycles. The Hall–Kier alpha value is -3.09. The summed E-state index contributed by atoms with van der Waals surface area (Å²) in [5.74, 6) is 6.14. The molecule has 3 heterocycles. The molecule has 5 rings (SSSR count). The summed E-state index contributed by atoms with van der Waals surface area (Å²) in [5, 5.41) is 17.0. The van der Waals surface area contributed by atoms with Crippen LogP contribution in [0.15, 0.2) is 58.0 Å². The van der Waals surface area contributed by atoms with Crippen molar-refractivity contribution >= 4 is 41.4 Å². The van der Waals surface area contributed by atoms with E-state index in [1.165, 1.54) is 5.57 Å². The number of anilines is 1. The summed E-state index contributed by atoms with van der Waals surface area (Å²) >= 11 is 3.35. The van der Waals surface area contributed by atoms with E-state index in [1.54, 1.807) is 41.5 Å². The second kappa shape index (κ2) is 8.93. The van der Waals surface area contributed by atoms with Crippen molar-refractivity contribution in [2.24, 2.45) is 12.5 Å². The van der Waals surface area contributed by atoms with Crippen LogP contribution >= 0.6 is 23.5 Å². The number of ether oxygens (including phenoxy) is 1. The van der Waals surface area contributed by atoms with Gasteiger partial charge >= 0.3 is 12.1 Å². The van der Waals surface area contributed by atoms with Gasteiger partial charge in [-0.25, -0.2) is 4.79 Å². The number of carboxylic acids is 1. The van der Waals surface area contributed by atoms with E-state index in [4.69, 9.17) is 4.74 Å². The lowest BCUT2D eigenvalue weighted by molar-refractivity contribution is -0.141.